The highest BCUT2D eigenvalue weighted by Crippen LogP contribution is 2.36. The van der Waals surface area contributed by atoms with Crippen LogP contribution in [0.2, 0.25) is 0 Å². The van der Waals surface area contributed by atoms with Gasteiger partial charge in [-0.25, -0.2) is 0 Å². The number of thiophene rings is 1. The van der Waals surface area contributed by atoms with Crippen molar-refractivity contribution in [1.82, 2.24) is 0 Å². The molecule has 0 saturated carbocycles. The molecule has 1 aromatic rings. The van der Waals surface area contributed by atoms with Crippen molar-refractivity contribution in [3.8, 4) is 0 Å². The molecule has 0 amide bonds. The Morgan fingerprint density at radius 2 is 2.50 bits per heavy atom. The van der Waals surface area contributed by atoms with Gasteiger partial charge in [-0.15, -0.1) is 11.3 Å². The minimum atomic E-state index is 0.597. The van der Waals surface area contributed by atoms with E-state index in [-0.39, 0.29) is 0 Å². The zero-order valence-corrected chi connectivity index (χ0v) is 7.99. The van der Waals surface area contributed by atoms with Crippen molar-refractivity contribution < 1.29 is 4.79 Å². The molecule has 0 radical (unpaired) electrons. The van der Waals surface area contributed by atoms with Crippen LogP contribution >= 0.6 is 11.3 Å². The molecule has 0 N–H and O–H groups in total. The Bertz CT molecular complexity index is 301. The molecular weight excluding hydrogens is 168 g/mol. The van der Waals surface area contributed by atoms with E-state index in [9.17, 15) is 4.79 Å². The lowest BCUT2D eigenvalue weighted by Crippen LogP contribution is -2.05. The largest absolute Gasteiger partial charge is 0.298 e. The van der Waals surface area contributed by atoms with Crippen LogP contribution in [0.3, 0.4) is 0 Å². The van der Waals surface area contributed by atoms with Crippen molar-refractivity contribution in [3.63, 3.8) is 0 Å². The van der Waals surface area contributed by atoms with E-state index in [2.05, 4.69) is 6.92 Å². The maximum atomic E-state index is 10.7. The molecule has 1 unspecified atom stereocenters. The van der Waals surface area contributed by atoms with Gasteiger partial charge in [0.1, 0.15) is 0 Å². The van der Waals surface area contributed by atoms with E-state index in [0.29, 0.717) is 5.92 Å². The predicted octanol–water partition coefficient (Wildman–Crippen LogP) is 3.00. The average Bonchev–Trinajstić information content (AvgIpc) is 2.49. The predicted molar refractivity (Wildman–Crippen MR) is 51.1 cm³/mol. The summed E-state index contributed by atoms with van der Waals surface area (Å²) in [6, 6.07) is 0. The molecule has 1 nitrogen and oxygen atoms in total. The molecule has 2 rings (SSSR count). The number of rotatable bonds is 1. The van der Waals surface area contributed by atoms with E-state index in [1.165, 1.54) is 29.7 Å². The van der Waals surface area contributed by atoms with Gasteiger partial charge in [-0.1, -0.05) is 6.92 Å². The molecule has 0 saturated heterocycles. The van der Waals surface area contributed by atoms with Gasteiger partial charge in [0.05, 0.1) is 0 Å². The lowest BCUT2D eigenvalue weighted by molar-refractivity contribution is 0.112. The molecule has 12 heavy (non-hydrogen) atoms. The summed E-state index contributed by atoms with van der Waals surface area (Å²) in [4.78, 5) is 12.1. The highest BCUT2D eigenvalue weighted by Gasteiger charge is 2.20. The summed E-state index contributed by atoms with van der Waals surface area (Å²) in [5.41, 5.74) is 2.27. The second-order valence-electron chi connectivity index (χ2n) is 3.44. The molecule has 0 aromatic carbocycles. The van der Waals surface area contributed by atoms with E-state index >= 15 is 0 Å². The maximum Gasteiger partial charge on any atom is 0.151 e. The summed E-state index contributed by atoms with van der Waals surface area (Å²) in [7, 11) is 0. The minimum Gasteiger partial charge on any atom is -0.298 e. The van der Waals surface area contributed by atoms with E-state index in [4.69, 9.17) is 0 Å². The Labute approximate surface area is 76.4 Å². The van der Waals surface area contributed by atoms with Gasteiger partial charge >= 0.3 is 0 Å². The third-order valence-electron chi connectivity index (χ3n) is 2.60. The van der Waals surface area contributed by atoms with Crippen molar-refractivity contribution in [2.45, 2.75) is 32.1 Å². The molecule has 0 spiro atoms. The molecule has 0 aliphatic heterocycles. The third-order valence-corrected chi connectivity index (χ3v) is 3.68. The highest BCUT2D eigenvalue weighted by molar-refractivity contribution is 7.10. The van der Waals surface area contributed by atoms with Crippen LogP contribution in [0.25, 0.3) is 0 Å². The Balaban J connectivity index is 2.50. The topological polar surface area (TPSA) is 17.1 Å². The lowest BCUT2D eigenvalue weighted by Gasteiger charge is -2.18. The number of carbonyl (C=O) groups is 1. The second-order valence-corrected chi connectivity index (χ2v) is 4.40. The van der Waals surface area contributed by atoms with Gasteiger partial charge in [0.15, 0.2) is 6.29 Å². The van der Waals surface area contributed by atoms with Crippen LogP contribution in [-0.4, -0.2) is 6.29 Å². The van der Waals surface area contributed by atoms with E-state index in [1.54, 1.807) is 11.3 Å². The van der Waals surface area contributed by atoms with Gasteiger partial charge in [0.2, 0.25) is 0 Å². The standard InChI is InChI=1S/C10H12OS/c1-7-3-2-4-9-10(7)8(5-11)6-12-9/h5-7H,2-4H2,1H3. The molecule has 2 heteroatoms. The zero-order chi connectivity index (χ0) is 8.55. The smallest absolute Gasteiger partial charge is 0.151 e. The zero-order valence-electron chi connectivity index (χ0n) is 7.17. The van der Waals surface area contributed by atoms with Crippen LogP contribution in [0.15, 0.2) is 5.38 Å². The van der Waals surface area contributed by atoms with Crippen molar-refractivity contribution in [2.24, 2.45) is 0 Å². The quantitative estimate of drug-likeness (QED) is 0.607. The molecule has 1 aromatic heterocycles. The SMILES string of the molecule is CC1CCCc2scc(C=O)c21. The van der Waals surface area contributed by atoms with E-state index in [0.717, 1.165) is 11.8 Å². The molecule has 1 heterocycles. The van der Waals surface area contributed by atoms with Gasteiger partial charge in [-0.3, -0.25) is 4.79 Å². The third kappa shape index (κ3) is 1.11. The number of fused-ring (bicyclic) bond motifs is 1. The van der Waals surface area contributed by atoms with Gasteiger partial charge in [-0.2, -0.15) is 0 Å². The number of hydrogen-bond donors (Lipinski definition) is 0. The maximum absolute atomic E-state index is 10.7. The van der Waals surface area contributed by atoms with Crippen molar-refractivity contribution in [3.05, 3.63) is 21.4 Å². The Kier molecular flexibility index (Phi) is 2.01. The molecule has 0 bridgehead atoms. The normalized spacial score (nSPS) is 21.9. The first-order chi connectivity index (χ1) is 5.83. The first kappa shape index (κ1) is 7.99. The molecule has 0 fully saturated rings. The fourth-order valence-electron chi connectivity index (χ4n) is 1.98. The number of aryl methyl sites for hydroxylation is 1. The van der Waals surface area contributed by atoms with Gasteiger partial charge in [0, 0.05) is 15.8 Å². The Morgan fingerprint density at radius 1 is 1.67 bits per heavy atom. The molecule has 1 aliphatic carbocycles. The van der Waals surface area contributed by atoms with Crippen LogP contribution < -0.4 is 0 Å². The first-order valence-electron chi connectivity index (χ1n) is 4.38. The summed E-state index contributed by atoms with van der Waals surface area (Å²) in [6.45, 7) is 2.22. The van der Waals surface area contributed by atoms with Crippen LogP contribution in [-0.2, 0) is 6.42 Å². The van der Waals surface area contributed by atoms with Crippen molar-refractivity contribution in [1.29, 1.82) is 0 Å². The fourth-order valence-corrected chi connectivity index (χ4v) is 3.14. The summed E-state index contributed by atoms with van der Waals surface area (Å²) in [6.07, 6.45) is 4.70. The first-order valence-corrected chi connectivity index (χ1v) is 5.26. The van der Waals surface area contributed by atoms with Gasteiger partial charge in [0.25, 0.3) is 0 Å². The minimum absolute atomic E-state index is 0.597. The summed E-state index contributed by atoms with van der Waals surface area (Å²) in [5.74, 6) is 0.597. The van der Waals surface area contributed by atoms with Crippen LogP contribution in [0.4, 0.5) is 0 Å². The van der Waals surface area contributed by atoms with Gasteiger partial charge < -0.3 is 0 Å². The molecular formula is C10H12OS. The number of aldehydes is 1. The van der Waals surface area contributed by atoms with Crippen molar-refractivity contribution in [2.75, 3.05) is 0 Å². The van der Waals surface area contributed by atoms with E-state index < -0.39 is 0 Å². The molecule has 1 aliphatic rings. The summed E-state index contributed by atoms with van der Waals surface area (Å²) in [5, 5.41) is 2.00. The fraction of sp³-hybridized carbons (Fsp3) is 0.500. The second kappa shape index (κ2) is 3.02. The highest BCUT2D eigenvalue weighted by atomic mass is 32.1. The number of carbonyl (C=O) groups excluding carboxylic acids is 1. The summed E-state index contributed by atoms with van der Waals surface area (Å²) < 4.78 is 0. The Hall–Kier alpha value is -0.630. The molecule has 1 atom stereocenters. The van der Waals surface area contributed by atoms with Gasteiger partial charge in [-0.05, 0) is 30.7 Å². The van der Waals surface area contributed by atoms with Crippen LogP contribution in [0, 0.1) is 0 Å². The molecule has 64 valence electrons. The van der Waals surface area contributed by atoms with E-state index in [1.807, 2.05) is 5.38 Å². The lowest BCUT2D eigenvalue weighted by atomic mass is 9.87. The van der Waals surface area contributed by atoms with Crippen LogP contribution in [0.5, 0.6) is 0 Å². The number of hydrogen-bond acceptors (Lipinski definition) is 2. The van der Waals surface area contributed by atoms with Crippen molar-refractivity contribution >= 4 is 17.6 Å². The van der Waals surface area contributed by atoms with Crippen LogP contribution in [0.1, 0.15) is 46.5 Å². The monoisotopic (exact) mass is 180 g/mol. The summed E-state index contributed by atoms with van der Waals surface area (Å²) >= 11 is 1.75. The Morgan fingerprint density at radius 3 is 3.25 bits per heavy atom. The average molecular weight is 180 g/mol.